The number of esters is 1. The van der Waals surface area contributed by atoms with Gasteiger partial charge in [-0.15, -0.1) is 0 Å². The fourth-order valence-corrected chi connectivity index (χ4v) is 3.59. The lowest BCUT2D eigenvalue weighted by Gasteiger charge is -2.18. The van der Waals surface area contributed by atoms with E-state index >= 15 is 0 Å². The molecule has 3 rings (SSSR count). The van der Waals surface area contributed by atoms with Gasteiger partial charge in [-0.1, -0.05) is 50.1 Å². The van der Waals surface area contributed by atoms with Gasteiger partial charge in [0.15, 0.2) is 0 Å². The average molecular weight is 491 g/mol. The summed E-state index contributed by atoms with van der Waals surface area (Å²) in [6, 6.07) is 14.9. The van der Waals surface area contributed by atoms with Crippen LogP contribution in [0, 0.1) is 0 Å². The van der Waals surface area contributed by atoms with E-state index in [0.717, 1.165) is 14.5 Å². The number of halogens is 2. The third-order valence-electron chi connectivity index (χ3n) is 4.17. The summed E-state index contributed by atoms with van der Waals surface area (Å²) >= 11 is 6.89. The van der Waals surface area contributed by atoms with Crippen LogP contribution in [-0.4, -0.2) is 18.5 Å². The van der Waals surface area contributed by atoms with Crippen LogP contribution in [0.4, 0.5) is 5.69 Å². The lowest BCUT2D eigenvalue weighted by molar-refractivity contribution is -0.138. The van der Waals surface area contributed by atoms with Crippen molar-refractivity contribution in [1.82, 2.24) is 0 Å². The molecule has 0 bridgehead atoms. The summed E-state index contributed by atoms with van der Waals surface area (Å²) in [6.45, 7) is 3.74. The quantitative estimate of drug-likeness (QED) is 0.421. The number of benzene rings is 2. The minimum atomic E-state index is -0.499. The van der Waals surface area contributed by atoms with Crippen LogP contribution in [0.25, 0.3) is 6.08 Å². The van der Waals surface area contributed by atoms with Crippen LogP contribution >= 0.6 is 31.9 Å². The number of hydrogen-bond donors (Lipinski definition) is 0. The Morgan fingerprint density at radius 3 is 2.41 bits per heavy atom. The zero-order valence-electron chi connectivity index (χ0n) is 14.8. The Bertz CT molecular complexity index is 962. The van der Waals surface area contributed by atoms with Crippen LogP contribution in [0.2, 0.25) is 0 Å². The second-order valence-corrected chi connectivity index (χ2v) is 7.65. The molecule has 0 radical (unpaired) electrons. The first-order valence-corrected chi connectivity index (χ1v) is 9.97. The number of allylic oxidation sites excluding steroid dienone is 1. The van der Waals surface area contributed by atoms with Crippen LogP contribution in [0.3, 0.4) is 0 Å². The summed E-state index contributed by atoms with van der Waals surface area (Å²) in [7, 11) is 0. The van der Waals surface area contributed by atoms with Gasteiger partial charge in [0.1, 0.15) is 0 Å². The normalized spacial score (nSPS) is 15.6. The van der Waals surface area contributed by atoms with E-state index < -0.39 is 5.97 Å². The number of anilines is 1. The molecule has 0 aliphatic carbocycles. The highest BCUT2D eigenvalue weighted by Gasteiger charge is 2.38. The first-order chi connectivity index (χ1) is 12.9. The van der Waals surface area contributed by atoms with Crippen molar-refractivity contribution in [3.63, 3.8) is 0 Å². The molecule has 6 heteroatoms. The molecule has 0 saturated heterocycles. The Morgan fingerprint density at radius 2 is 1.78 bits per heavy atom. The summed E-state index contributed by atoms with van der Waals surface area (Å²) < 4.78 is 6.96. The maximum absolute atomic E-state index is 13.2. The summed E-state index contributed by atoms with van der Waals surface area (Å²) in [5.74, 6) is -0.755. The lowest BCUT2D eigenvalue weighted by atomic mass is 10.0. The molecule has 0 atom stereocenters. The molecule has 0 fully saturated rings. The van der Waals surface area contributed by atoms with Gasteiger partial charge in [-0.3, -0.25) is 9.69 Å². The molecular formula is C21H17Br2NO3. The van der Waals surface area contributed by atoms with Crippen LogP contribution in [0.5, 0.6) is 0 Å². The van der Waals surface area contributed by atoms with Gasteiger partial charge in [0.2, 0.25) is 0 Å². The predicted octanol–water partition coefficient (Wildman–Crippen LogP) is 5.48. The molecule has 0 unspecified atom stereocenters. The Kier molecular flexibility index (Phi) is 5.97. The first kappa shape index (κ1) is 19.6. The zero-order chi connectivity index (χ0) is 19.6. The predicted molar refractivity (Wildman–Crippen MR) is 113 cm³/mol. The Morgan fingerprint density at radius 1 is 1.11 bits per heavy atom. The first-order valence-electron chi connectivity index (χ1n) is 8.38. The monoisotopic (exact) mass is 489 g/mol. The van der Waals surface area contributed by atoms with Gasteiger partial charge in [0.05, 0.1) is 17.8 Å². The van der Waals surface area contributed by atoms with Gasteiger partial charge in [-0.05, 0) is 55.8 Å². The molecule has 1 aliphatic rings. The van der Waals surface area contributed by atoms with Gasteiger partial charge in [-0.2, -0.15) is 0 Å². The van der Waals surface area contributed by atoms with Crippen molar-refractivity contribution in [3.05, 3.63) is 79.9 Å². The van der Waals surface area contributed by atoms with Crippen molar-refractivity contribution in [1.29, 1.82) is 0 Å². The second kappa shape index (κ2) is 8.23. The fraction of sp³-hybridized carbons (Fsp3) is 0.143. The number of carbonyl (C=O) groups excluding carboxylic acids is 2. The molecule has 1 aliphatic heterocycles. The van der Waals surface area contributed by atoms with E-state index in [1.807, 2.05) is 48.5 Å². The molecule has 0 aromatic heterocycles. The van der Waals surface area contributed by atoms with Gasteiger partial charge in [0.25, 0.3) is 5.91 Å². The molecule has 138 valence electrons. The van der Waals surface area contributed by atoms with Crippen LogP contribution in [0.15, 0.2) is 74.3 Å². The molecule has 1 amide bonds. The highest BCUT2D eigenvalue weighted by atomic mass is 79.9. The average Bonchev–Trinajstić information content (AvgIpc) is 2.88. The third-order valence-corrected chi connectivity index (χ3v) is 5.42. The van der Waals surface area contributed by atoms with Crippen molar-refractivity contribution < 1.29 is 14.3 Å². The van der Waals surface area contributed by atoms with E-state index in [9.17, 15) is 9.59 Å². The highest BCUT2D eigenvalue weighted by molar-refractivity contribution is 9.10. The molecule has 0 spiro atoms. The number of carbonyl (C=O) groups is 2. The van der Waals surface area contributed by atoms with Gasteiger partial charge in [0, 0.05) is 20.3 Å². The molecule has 0 saturated carbocycles. The van der Waals surface area contributed by atoms with Gasteiger partial charge < -0.3 is 4.74 Å². The fourth-order valence-electron chi connectivity index (χ4n) is 2.93. The van der Waals surface area contributed by atoms with Crippen molar-refractivity contribution in [2.45, 2.75) is 13.8 Å². The Balaban J connectivity index is 2.14. The van der Waals surface area contributed by atoms with Crippen LogP contribution < -0.4 is 4.90 Å². The lowest BCUT2D eigenvalue weighted by Crippen LogP contribution is -2.24. The molecule has 0 N–H and O–H groups in total. The van der Waals surface area contributed by atoms with Gasteiger partial charge >= 0.3 is 5.97 Å². The Labute approximate surface area is 174 Å². The third kappa shape index (κ3) is 3.92. The summed E-state index contributed by atoms with van der Waals surface area (Å²) in [4.78, 5) is 27.4. The highest BCUT2D eigenvalue weighted by Crippen LogP contribution is 2.36. The number of nitrogens with zero attached hydrogens (tertiary/aromatic N) is 1. The smallest absolute Gasteiger partial charge is 0.340 e. The van der Waals surface area contributed by atoms with Crippen molar-refractivity contribution in [2.24, 2.45) is 0 Å². The standard InChI is InChI=1S/C21H17Br2NO3/c1-3-27-21(26)19-13(2)24(16-10-8-15(22)9-11-16)20(25)17(19)12-14-6-4-5-7-18(14)23/h4-12H,3H2,1-2H3/b17-12-. The van der Waals surface area contributed by atoms with E-state index in [1.54, 1.807) is 24.8 Å². The molecule has 4 nitrogen and oxygen atoms in total. The SMILES string of the molecule is CCOC(=O)C1=C(C)N(c2ccc(Br)cc2)C(=O)/C1=C\c1ccccc1Br. The van der Waals surface area contributed by atoms with E-state index in [2.05, 4.69) is 31.9 Å². The van der Waals surface area contributed by atoms with E-state index in [0.29, 0.717) is 22.5 Å². The largest absolute Gasteiger partial charge is 0.462 e. The maximum Gasteiger partial charge on any atom is 0.340 e. The summed E-state index contributed by atoms with van der Waals surface area (Å²) in [5, 5.41) is 0. The van der Waals surface area contributed by atoms with Crippen molar-refractivity contribution in [2.75, 3.05) is 11.5 Å². The van der Waals surface area contributed by atoms with Gasteiger partial charge in [-0.25, -0.2) is 4.79 Å². The van der Waals surface area contributed by atoms with E-state index in [4.69, 9.17) is 4.74 Å². The molecular weight excluding hydrogens is 474 g/mol. The number of amides is 1. The summed E-state index contributed by atoms with van der Waals surface area (Å²) in [6.07, 6.45) is 1.72. The van der Waals surface area contributed by atoms with Crippen LogP contribution in [0.1, 0.15) is 19.4 Å². The second-order valence-electron chi connectivity index (χ2n) is 5.88. The van der Waals surface area contributed by atoms with E-state index in [1.165, 1.54) is 0 Å². The van der Waals surface area contributed by atoms with Crippen molar-refractivity contribution >= 4 is 55.5 Å². The molecule has 27 heavy (non-hydrogen) atoms. The van der Waals surface area contributed by atoms with Crippen molar-refractivity contribution in [3.8, 4) is 0 Å². The molecule has 2 aromatic carbocycles. The number of hydrogen-bond acceptors (Lipinski definition) is 3. The number of ether oxygens (including phenoxy) is 1. The number of rotatable bonds is 4. The Hall–Kier alpha value is -2.18. The minimum absolute atomic E-state index is 0.240. The topological polar surface area (TPSA) is 46.6 Å². The maximum atomic E-state index is 13.2. The minimum Gasteiger partial charge on any atom is -0.462 e. The molecule has 2 aromatic rings. The zero-order valence-corrected chi connectivity index (χ0v) is 18.0. The summed E-state index contributed by atoms with van der Waals surface area (Å²) in [5.41, 5.74) is 2.67. The van der Waals surface area contributed by atoms with Crippen LogP contribution in [-0.2, 0) is 14.3 Å². The van der Waals surface area contributed by atoms with E-state index in [-0.39, 0.29) is 12.5 Å². The molecule has 1 heterocycles.